The number of furan rings is 2. The normalized spacial score (nSPS) is 13.0. The largest absolute Gasteiger partial charge is 0.455 e. The molecule has 2 aromatic heterocycles. The van der Waals surface area contributed by atoms with Crippen LogP contribution >= 0.6 is 0 Å². The lowest BCUT2D eigenvalue weighted by Gasteiger charge is -2.44. The highest BCUT2D eigenvalue weighted by molar-refractivity contribution is 7.00. The van der Waals surface area contributed by atoms with E-state index in [0.717, 1.165) is 77.5 Å². The Morgan fingerprint density at radius 3 is 1.27 bits per heavy atom. The van der Waals surface area contributed by atoms with Gasteiger partial charge in [0.25, 0.3) is 6.71 Å². The van der Waals surface area contributed by atoms with Crippen LogP contribution in [0.4, 0.5) is 34.1 Å². The standard InChI is InChI=1S/C57H39BN2O2/c1-34-18-28-49-47(30-34)58-48-31-35(2)19-29-50(48)60(40-26-22-38(23-27-40)42-13-9-15-46-44-11-5-7-17-54(44)62-57(42)46)52-33-36(3)32-51(55(52)58)59(49)39-24-20-37(21-25-39)41-12-8-14-45-43-10-4-6-16-53(43)61-56(41)45/h4-33H,1-3H3. The van der Waals surface area contributed by atoms with Crippen LogP contribution in [0.25, 0.3) is 66.1 Å². The van der Waals surface area contributed by atoms with Crippen molar-refractivity contribution in [3.05, 3.63) is 199 Å². The van der Waals surface area contributed by atoms with E-state index >= 15 is 0 Å². The second-order valence-corrected chi connectivity index (χ2v) is 17.1. The van der Waals surface area contributed by atoms with Gasteiger partial charge in [-0.25, -0.2) is 0 Å². The molecule has 0 amide bonds. The molecule has 0 fully saturated rings. The van der Waals surface area contributed by atoms with Crippen LogP contribution in [0.15, 0.2) is 191 Å². The van der Waals surface area contributed by atoms with E-state index < -0.39 is 0 Å². The quantitative estimate of drug-likeness (QED) is 0.166. The minimum atomic E-state index is 0.0628. The van der Waals surface area contributed by atoms with E-state index in [4.69, 9.17) is 8.83 Å². The molecule has 4 nitrogen and oxygen atoms in total. The third-order valence-electron chi connectivity index (χ3n) is 13.2. The third-order valence-corrected chi connectivity index (χ3v) is 13.2. The van der Waals surface area contributed by atoms with Crippen molar-refractivity contribution < 1.29 is 8.83 Å². The van der Waals surface area contributed by atoms with Crippen molar-refractivity contribution in [1.82, 2.24) is 0 Å². The summed E-state index contributed by atoms with van der Waals surface area (Å²) < 4.78 is 12.9. The summed E-state index contributed by atoms with van der Waals surface area (Å²) in [4.78, 5) is 4.97. The number of aryl methyl sites for hydroxylation is 3. The van der Waals surface area contributed by atoms with Gasteiger partial charge < -0.3 is 18.6 Å². The number of para-hydroxylation sites is 4. The molecule has 0 saturated heterocycles. The first-order chi connectivity index (χ1) is 30.5. The smallest absolute Gasteiger partial charge is 0.252 e. The lowest BCUT2D eigenvalue weighted by Crippen LogP contribution is -2.61. The molecule has 0 aliphatic carbocycles. The predicted octanol–water partition coefficient (Wildman–Crippen LogP) is 13.8. The zero-order chi connectivity index (χ0) is 41.2. The van der Waals surface area contributed by atoms with Gasteiger partial charge in [-0.2, -0.15) is 0 Å². The van der Waals surface area contributed by atoms with Crippen LogP contribution < -0.4 is 26.2 Å². The molecule has 292 valence electrons. The van der Waals surface area contributed by atoms with E-state index in [1.54, 1.807) is 0 Å². The maximum absolute atomic E-state index is 6.47. The van der Waals surface area contributed by atoms with E-state index in [-0.39, 0.29) is 6.71 Å². The van der Waals surface area contributed by atoms with Gasteiger partial charge >= 0.3 is 0 Å². The number of hydrogen-bond donors (Lipinski definition) is 0. The summed E-state index contributed by atoms with van der Waals surface area (Å²) in [7, 11) is 0. The van der Waals surface area contributed by atoms with Gasteiger partial charge in [0.15, 0.2) is 0 Å². The van der Waals surface area contributed by atoms with E-state index in [1.165, 1.54) is 55.8 Å². The lowest BCUT2D eigenvalue weighted by atomic mass is 9.33. The second-order valence-electron chi connectivity index (χ2n) is 17.1. The SMILES string of the molecule is Cc1ccc2c(c1)B1c3cc(C)ccc3N(c3ccc(-c4cccc5c4oc4ccccc45)cc3)c3cc(C)cc(c31)N2c1ccc(-c2cccc3c2oc2ccccc23)cc1. The molecule has 4 heterocycles. The van der Waals surface area contributed by atoms with Crippen LogP contribution in [0.2, 0.25) is 0 Å². The lowest BCUT2D eigenvalue weighted by molar-refractivity contribution is 0.669. The topological polar surface area (TPSA) is 32.8 Å². The van der Waals surface area contributed by atoms with Crippen molar-refractivity contribution in [3.8, 4) is 22.3 Å². The van der Waals surface area contributed by atoms with E-state index in [9.17, 15) is 0 Å². The molecule has 9 aromatic carbocycles. The van der Waals surface area contributed by atoms with Crippen LogP contribution in [0.5, 0.6) is 0 Å². The molecule has 0 radical (unpaired) electrons. The number of rotatable bonds is 4. The van der Waals surface area contributed by atoms with Gasteiger partial charge in [0.2, 0.25) is 0 Å². The molecular formula is C57H39BN2O2. The molecule has 0 N–H and O–H groups in total. The Kier molecular flexibility index (Phi) is 7.42. The van der Waals surface area contributed by atoms with Crippen LogP contribution in [0, 0.1) is 20.8 Å². The fraction of sp³-hybridized carbons (Fsp3) is 0.0526. The zero-order valence-electron chi connectivity index (χ0n) is 34.6. The number of nitrogens with zero attached hydrogens (tertiary/aromatic N) is 2. The van der Waals surface area contributed by atoms with Crippen LogP contribution in [0.1, 0.15) is 16.7 Å². The summed E-state index contributed by atoms with van der Waals surface area (Å²) in [5.74, 6) is 0. The Balaban J connectivity index is 0.969. The molecule has 2 aliphatic heterocycles. The highest BCUT2D eigenvalue weighted by Gasteiger charge is 2.43. The average Bonchev–Trinajstić information content (AvgIpc) is 3.88. The number of benzene rings is 9. The maximum Gasteiger partial charge on any atom is 0.252 e. The Hall–Kier alpha value is -7.76. The minimum absolute atomic E-state index is 0.0628. The summed E-state index contributed by atoms with van der Waals surface area (Å²) in [5, 5.41) is 4.56. The minimum Gasteiger partial charge on any atom is -0.455 e. The van der Waals surface area contributed by atoms with Gasteiger partial charge in [0.1, 0.15) is 22.3 Å². The van der Waals surface area contributed by atoms with Crippen molar-refractivity contribution >= 4 is 101 Å². The Labute approximate surface area is 360 Å². The van der Waals surface area contributed by atoms with Gasteiger partial charge in [0, 0.05) is 66.8 Å². The van der Waals surface area contributed by atoms with Crippen LogP contribution in [-0.2, 0) is 0 Å². The molecule has 2 aliphatic rings. The van der Waals surface area contributed by atoms with Gasteiger partial charge in [-0.1, -0.05) is 132 Å². The van der Waals surface area contributed by atoms with Crippen molar-refractivity contribution in [3.63, 3.8) is 0 Å². The molecular weight excluding hydrogens is 755 g/mol. The van der Waals surface area contributed by atoms with Gasteiger partial charge in [-0.15, -0.1) is 0 Å². The van der Waals surface area contributed by atoms with Crippen molar-refractivity contribution in [2.75, 3.05) is 9.80 Å². The number of anilines is 6. The summed E-state index contributed by atoms with van der Waals surface area (Å²) in [5.41, 5.74) is 22.8. The summed E-state index contributed by atoms with van der Waals surface area (Å²) in [6.45, 7) is 6.71. The zero-order valence-corrected chi connectivity index (χ0v) is 34.6. The average molecular weight is 795 g/mol. The first-order valence-electron chi connectivity index (χ1n) is 21.4. The van der Waals surface area contributed by atoms with Gasteiger partial charge in [-0.05, 0) is 115 Å². The molecule has 0 unspecified atom stereocenters. The first kappa shape index (κ1) is 35.0. The fourth-order valence-electron chi connectivity index (χ4n) is 10.5. The second kappa shape index (κ2) is 13.1. The molecule has 0 atom stereocenters. The van der Waals surface area contributed by atoms with Crippen molar-refractivity contribution in [2.45, 2.75) is 20.8 Å². The highest BCUT2D eigenvalue weighted by Crippen LogP contribution is 2.46. The Morgan fingerprint density at radius 2 is 0.806 bits per heavy atom. The maximum atomic E-state index is 6.47. The van der Waals surface area contributed by atoms with Crippen molar-refractivity contribution in [1.29, 1.82) is 0 Å². The molecule has 0 spiro atoms. The number of hydrogen-bond acceptors (Lipinski definition) is 4. The molecule has 0 bridgehead atoms. The van der Waals surface area contributed by atoms with E-state index in [1.807, 2.05) is 24.3 Å². The van der Waals surface area contributed by atoms with Crippen LogP contribution in [-0.4, -0.2) is 6.71 Å². The monoisotopic (exact) mass is 794 g/mol. The molecule has 0 saturated carbocycles. The Bertz CT molecular complexity index is 3400. The molecule has 13 rings (SSSR count). The van der Waals surface area contributed by atoms with E-state index in [0.29, 0.717) is 0 Å². The fourth-order valence-corrected chi connectivity index (χ4v) is 10.5. The first-order valence-corrected chi connectivity index (χ1v) is 21.4. The Morgan fingerprint density at radius 1 is 0.371 bits per heavy atom. The van der Waals surface area contributed by atoms with Gasteiger partial charge in [0.05, 0.1) is 0 Å². The predicted molar refractivity (Wildman–Crippen MR) is 260 cm³/mol. The molecule has 11 aromatic rings. The van der Waals surface area contributed by atoms with Crippen LogP contribution in [0.3, 0.4) is 0 Å². The number of fused-ring (bicyclic) bond motifs is 10. The summed E-state index contributed by atoms with van der Waals surface area (Å²) in [6, 6.07) is 66.3. The molecule has 5 heteroatoms. The third kappa shape index (κ3) is 5.09. The molecule has 62 heavy (non-hydrogen) atoms. The highest BCUT2D eigenvalue weighted by atomic mass is 16.3. The summed E-state index contributed by atoms with van der Waals surface area (Å²) in [6.07, 6.45) is 0. The summed E-state index contributed by atoms with van der Waals surface area (Å²) >= 11 is 0. The van der Waals surface area contributed by atoms with E-state index in [2.05, 4.69) is 188 Å². The van der Waals surface area contributed by atoms with Crippen molar-refractivity contribution in [2.24, 2.45) is 0 Å². The van der Waals surface area contributed by atoms with Gasteiger partial charge in [-0.3, -0.25) is 0 Å².